The molecule has 0 spiro atoms. The van der Waals surface area contributed by atoms with Crippen LogP contribution in [0.4, 0.5) is 17.2 Å². The fourth-order valence-electron chi connectivity index (χ4n) is 2.14. The van der Waals surface area contributed by atoms with Gasteiger partial charge < -0.3 is 10.6 Å². The molecule has 0 bridgehead atoms. The van der Waals surface area contributed by atoms with Gasteiger partial charge in [-0.3, -0.25) is 0 Å². The van der Waals surface area contributed by atoms with Crippen molar-refractivity contribution in [2.24, 2.45) is 0 Å². The minimum absolute atomic E-state index is 0.885. The van der Waals surface area contributed by atoms with Gasteiger partial charge in [0.15, 0.2) is 0 Å². The molecule has 2 N–H and O–H groups in total. The Morgan fingerprint density at radius 3 is 3.06 bits per heavy atom. The highest BCUT2D eigenvalue weighted by molar-refractivity contribution is 5.64. The molecular formula is C14H15N3. The van der Waals surface area contributed by atoms with Gasteiger partial charge >= 0.3 is 0 Å². The highest BCUT2D eigenvalue weighted by atomic mass is 15.0. The van der Waals surface area contributed by atoms with Crippen LogP contribution in [0.25, 0.3) is 0 Å². The summed E-state index contributed by atoms with van der Waals surface area (Å²) in [5.74, 6) is 0.885. The first-order valence-electron chi connectivity index (χ1n) is 5.97. The Kier molecular flexibility index (Phi) is 2.66. The zero-order chi connectivity index (χ0) is 11.5. The number of benzene rings is 1. The zero-order valence-corrected chi connectivity index (χ0v) is 9.61. The second kappa shape index (κ2) is 4.45. The lowest BCUT2D eigenvalue weighted by molar-refractivity contribution is 0.830. The maximum absolute atomic E-state index is 4.26. The largest absolute Gasteiger partial charge is 0.385 e. The second-order valence-corrected chi connectivity index (χ2v) is 4.24. The maximum atomic E-state index is 4.26. The predicted octanol–water partition coefficient (Wildman–Crippen LogP) is 3.18. The number of aryl methyl sites for hydroxylation is 1. The summed E-state index contributed by atoms with van der Waals surface area (Å²) >= 11 is 0. The number of nitrogens with zero attached hydrogens (tertiary/aromatic N) is 1. The molecule has 1 aliphatic rings. The van der Waals surface area contributed by atoms with Crippen molar-refractivity contribution in [3.05, 3.63) is 48.2 Å². The number of hydrogen-bond donors (Lipinski definition) is 2. The summed E-state index contributed by atoms with van der Waals surface area (Å²) < 4.78 is 0. The molecule has 0 fully saturated rings. The maximum Gasteiger partial charge on any atom is 0.130 e. The van der Waals surface area contributed by atoms with Crippen LogP contribution >= 0.6 is 0 Å². The number of hydrogen-bond acceptors (Lipinski definition) is 3. The van der Waals surface area contributed by atoms with Gasteiger partial charge in [-0.25, -0.2) is 4.98 Å². The van der Waals surface area contributed by atoms with Gasteiger partial charge in [-0.05, 0) is 48.7 Å². The summed E-state index contributed by atoms with van der Waals surface area (Å²) in [5, 5.41) is 6.73. The molecule has 1 aromatic heterocycles. The van der Waals surface area contributed by atoms with Crippen molar-refractivity contribution in [3.63, 3.8) is 0 Å². The van der Waals surface area contributed by atoms with E-state index in [9.17, 15) is 0 Å². The van der Waals surface area contributed by atoms with E-state index in [2.05, 4.69) is 33.8 Å². The van der Waals surface area contributed by atoms with Crippen LogP contribution in [0, 0.1) is 0 Å². The molecule has 0 aliphatic carbocycles. The molecule has 3 nitrogen and oxygen atoms in total. The van der Waals surface area contributed by atoms with E-state index in [1.807, 2.05) is 18.2 Å². The first-order valence-corrected chi connectivity index (χ1v) is 5.97. The molecular weight excluding hydrogens is 210 g/mol. The fourth-order valence-corrected chi connectivity index (χ4v) is 2.14. The molecule has 0 atom stereocenters. The molecule has 2 heterocycles. The normalized spacial score (nSPS) is 13.6. The van der Waals surface area contributed by atoms with Crippen LogP contribution < -0.4 is 10.6 Å². The van der Waals surface area contributed by atoms with Crippen molar-refractivity contribution >= 4 is 17.2 Å². The van der Waals surface area contributed by atoms with E-state index >= 15 is 0 Å². The average molecular weight is 225 g/mol. The van der Waals surface area contributed by atoms with Gasteiger partial charge in [0.1, 0.15) is 5.82 Å². The molecule has 2 aromatic rings. The standard InChI is InChI=1S/C14H15N3/c1-2-8-16-14(5-1)17-12-6-7-13-11(10-12)4-3-9-15-13/h1-2,5-8,10,15H,3-4,9H2,(H,16,17). The van der Waals surface area contributed by atoms with Crippen LogP contribution in [0.3, 0.4) is 0 Å². The molecule has 0 saturated heterocycles. The molecule has 0 saturated carbocycles. The van der Waals surface area contributed by atoms with Crippen molar-refractivity contribution < 1.29 is 0 Å². The lowest BCUT2D eigenvalue weighted by Crippen LogP contribution is -2.11. The van der Waals surface area contributed by atoms with Crippen LogP contribution in [-0.2, 0) is 6.42 Å². The molecule has 1 aromatic carbocycles. The zero-order valence-electron chi connectivity index (χ0n) is 9.61. The second-order valence-electron chi connectivity index (χ2n) is 4.24. The van der Waals surface area contributed by atoms with Crippen molar-refractivity contribution in [1.29, 1.82) is 0 Å². The number of rotatable bonds is 2. The monoisotopic (exact) mass is 225 g/mol. The molecule has 1 aliphatic heterocycles. The predicted molar refractivity (Wildman–Crippen MR) is 70.8 cm³/mol. The molecule has 86 valence electrons. The molecule has 17 heavy (non-hydrogen) atoms. The van der Waals surface area contributed by atoms with E-state index in [1.54, 1.807) is 6.20 Å². The summed E-state index contributed by atoms with van der Waals surface area (Å²) in [7, 11) is 0. The van der Waals surface area contributed by atoms with E-state index in [0.717, 1.165) is 24.5 Å². The molecule has 0 unspecified atom stereocenters. The van der Waals surface area contributed by atoms with E-state index in [0.29, 0.717) is 0 Å². The molecule has 3 rings (SSSR count). The third-order valence-electron chi connectivity index (χ3n) is 2.98. The van der Waals surface area contributed by atoms with Gasteiger partial charge in [-0.1, -0.05) is 6.07 Å². The van der Waals surface area contributed by atoms with Crippen LogP contribution in [-0.4, -0.2) is 11.5 Å². The molecule has 3 heteroatoms. The van der Waals surface area contributed by atoms with Crippen molar-refractivity contribution in [1.82, 2.24) is 4.98 Å². The van der Waals surface area contributed by atoms with Gasteiger partial charge in [0.05, 0.1) is 0 Å². The van der Waals surface area contributed by atoms with Crippen molar-refractivity contribution in [3.8, 4) is 0 Å². The first-order chi connectivity index (χ1) is 8.42. The van der Waals surface area contributed by atoms with Gasteiger partial charge in [0.2, 0.25) is 0 Å². The summed E-state index contributed by atoms with van der Waals surface area (Å²) in [6.07, 6.45) is 4.16. The van der Waals surface area contributed by atoms with Gasteiger partial charge in [-0.15, -0.1) is 0 Å². The summed E-state index contributed by atoms with van der Waals surface area (Å²) in [4.78, 5) is 4.26. The third-order valence-corrected chi connectivity index (χ3v) is 2.98. The lowest BCUT2D eigenvalue weighted by atomic mass is 10.0. The van der Waals surface area contributed by atoms with E-state index in [4.69, 9.17) is 0 Å². The smallest absolute Gasteiger partial charge is 0.130 e. The fraction of sp³-hybridized carbons (Fsp3) is 0.214. The number of fused-ring (bicyclic) bond motifs is 1. The van der Waals surface area contributed by atoms with Crippen LogP contribution in [0.2, 0.25) is 0 Å². The van der Waals surface area contributed by atoms with Gasteiger partial charge in [0, 0.05) is 24.1 Å². The first kappa shape index (κ1) is 10.1. The number of aromatic nitrogens is 1. The van der Waals surface area contributed by atoms with Crippen molar-refractivity contribution in [2.45, 2.75) is 12.8 Å². The molecule has 0 radical (unpaired) electrons. The third kappa shape index (κ3) is 2.23. The minimum atomic E-state index is 0.885. The van der Waals surface area contributed by atoms with Crippen LogP contribution in [0.15, 0.2) is 42.6 Å². The quantitative estimate of drug-likeness (QED) is 0.824. The van der Waals surface area contributed by atoms with E-state index in [1.165, 1.54) is 17.7 Å². The SMILES string of the molecule is c1ccc(Nc2ccc3c(c2)CCCN3)nc1. The van der Waals surface area contributed by atoms with Crippen LogP contribution in [0.5, 0.6) is 0 Å². The number of pyridine rings is 1. The number of nitrogens with one attached hydrogen (secondary N) is 2. The molecule has 0 amide bonds. The van der Waals surface area contributed by atoms with Crippen LogP contribution in [0.1, 0.15) is 12.0 Å². The lowest BCUT2D eigenvalue weighted by Gasteiger charge is -2.18. The minimum Gasteiger partial charge on any atom is -0.385 e. The average Bonchev–Trinajstić information content (AvgIpc) is 2.40. The van der Waals surface area contributed by atoms with E-state index < -0.39 is 0 Å². The summed E-state index contributed by atoms with van der Waals surface area (Å²) in [6, 6.07) is 12.3. The van der Waals surface area contributed by atoms with E-state index in [-0.39, 0.29) is 0 Å². The Balaban J connectivity index is 1.84. The summed E-state index contributed by atoms with van der Waals surface area (Å²) in [5.41, 5.74) is 3.76. The van der Waals surface area contributed by atoms with Crippen molar-refractivity contribution in [2.75, 3.05) is 17.2 Å². The Labute approximate surface area is 101 Å². The topological polar surface area (TPSA) is 37.0 Å². The summed E-state index contributed by atoms with van der Waals surface area (Å²) in [6.45, 7) is 1.08. The Bertz CT molecular complexity index is 508. The van der Waals surface area contributed by atoms with Gasteiger partial charge in [0.25, 0.3) is 0 Å². The highest BCUT2D eigenvalue weighted by Gasteiger charge is 2.08. The van der Waals surface area contributed by atoms with Gasteiger partial charge in [-0.2, -0.15) is 0 Å². The highest BCUT2D eigenvalue weighted by Crippen LogP contribution is 2.26. The Hall–Kier alpha value is -2.03. The Morgan fingerprint density at radius 1 is 1.18 bits per heavy atom. The number of anilines is 3. The Morgan fingerprint density at radius 2 is 2.18 bits per heavy atom.